The highest BCUT2D eigenvalue weighted by molar-refractivity contribution is 6.35. The summed E-state index contributed by atoms with van der Waals surface area (Å²) in [6.07, 6.45) is 0.829. The molecule has 1 amide bonds. The molecule has 1 aliphatic carbocycles. The van der Waals surface area contributed by atoms with Crippen LogP contribution in [0.15, 0.2) is 42.9 Å². The molecule has 1 fully saturated rings. The number of hydrogen-bond donors (Lipinski definition) is 1. The Labute approximate surface area is 213 Å². The van der Waals surface area contributed by atoms with Gasteiger partial charge in [0.2, 0.25) is 5.91 Å². The molecule has 2 N–H and O–H groups in total. The summed E-state index contributed by atoms with van der Waals surface area (Å²) >= 11 is 6.86. The zero-order chi connectivity index (χ0) is 26.1. The molecule has 6 rings (SSSR count). The molecule has 0 atom stereocenters. The van der Waals surface area contributed by atoms with Crippen LogP contribution in [0.1, 0.15) is 35.6 Å². The van der Waals surface area contributed by atoms with Crippen LogP contribution >= 0.6 is 11.6 Å². The second kappa shape index (κ2) is 8.44. The third kappa shape index (κ3) is 3.99. The van der Waals surface area contributed by atoms with Crippen LogP contribution in [0.25, 0.3) is 22.2 Å². The van der Waals surface area contributed by atoms with Gasteiger partial charge < -0.3 is 15.2 Å². The predicted molar refractivity (Wildman–Crippen MR) is 132 cm³/mol. The van der Waals surface area contributed by atoms with E-state index in [4.69, 9.17) is 17.3 Å². The van der Waals surface area contributed by atoms with Gasteiger partial charge in [0.15, 0.2) is 0 Å². The Kier molecular flexibility index (Phi) is 5.41. The van der Waals surface area contributed by atoms with E-state index in [1.54, 1.807) is 12.1 Å². The van der Waals surface area contributed by atoms with E-state index in [1.165, 1.54) is 11.2 Å². The Morgan fingerprint density at radius 3 is 2.65 bits per heavy atom. The molecule has 0 spiro atoms. The molecule has 1 aliphatic heterocycles. The quantitative estimate of drug-likeness (QED) is 0.331. The first kappa shape index (κ1) is 23.7. The van der Waals surface area contributed by atoms with Crippen molar-refractivity contribution in [3.05, 3.63) is 70.4 Å². The van der Waals surface area contributed by atoms with Gasteiger partial charge >= 0.3 is 6.18 Å². The minimum Gasteiger partial charge on any atom is -0.383 e. The molecule has 2 aromatic carbocycles. The molecule has 2 aliphatic rings. The minimum atomic E-state index is -4.63. The fourth-order valence-electron chi connectivity index (χ4n) is 5.00. The highest BCUT2D eigenvalue weighted by atomic mass is 35.5. The van der Waals surface area contributed by atoms with Crippen molar-refractivity contribution in [1.29, 1.82) is 0 Å². The molecule has 0 saturated heterocycles. The van der Waals surface area contributed by atoms with Crippen LogP contribution in [0.2, 0.25) is 5.02 Å². The molecule has 4 aromatic rings. The molecular weight excluding hydrogens is 510 g/mol. The Balaban J connectivity index is 1.34. The van der Waals surface area contributed by atoms with Gasteiger partial charge in [0.05, 0.1) is 22.4 Å². The maximum atomic E-state index is 14.2. The fraction of sp³-hybridized carbons (Fsp3) is 0.269. The van der Waals surface area contributed by atoms with Gasteiger partial charge in [0, 0.05) is 35.6 Å². The summed E-state index contributed by atoms with van der Waals surface area (Å²) in [7, 11) is 0. The van der Waals surface area contributed by atoms with Crippen molar-refractivity contribution in [2.75, 3.05) is 17.2 Å². The first-order valence-corrected chi connectivity index (χ1v) is 12.1. The van der Waals surface area contributed by atoms with Crippen molar-refractivity contribution in [3.63, 3.8) is 0 Å². The smallest absolute Gasteiger partial charge is 0.383 e. The number of carbonyl (C=O) groups is 1. The molecule has 0 bridgehead atoms. The highest BCUT2D eigenvalue weighted by Gasteiger charge is 2.33. The Morgan fingerprint density at radius 2 is 1.92 bits per heavy atom. The van der Waals surface area contributed by atoms with Crippen LogP contribution < -0.4 is 10.6 Å². The molecule has 0 unspecified atom stereocenters. The summed E-state index contributed by atoms with van der Waals surface area (Å²) in [6, 6.07) is 5.97. The summed E-state index contributed by atoms with van der Waals surface area (Å²) in [4.78, 5) is 23.1. The fourth-order valence-corrected chi connectivity index (χ4v) is 5.36. The Morgan fingerprint density at radius 1 is 1.14 bits per heavy atom. The second-order valence-electron chi connectivity index (χ2n) is 9.34. The topological polar surface area (TPSA) is 77.0 Å². The normalized spacial score (nSPS) is 15.4. The van der Waals surface area contributed by atoms with E-state index in [9.17, 15) is 22.4 Å². The second-order valence-corrected chi connectivity index (χ2v) is 9.72. The molecule has 1 saturated carbocycles. The Bertz CT molecular complexity index is 1580. The predicted octanol–water partition coefficient (Wildman–Crippen LogP) is 5.96. The SMILES string of the molecule is Nc1ncnc2c1c(-c1ccc3c(c1Cl)CCN3C(=O)Cc1cc(C(F)(F)F)ccc1F)cn2C1CC1. The van der Waals surface area contributed by atoms with Crippen LogP contribution in [0.5, 0.6) is 0 Å². The molecule has 6 nitrogen and oxygen atoms in total. The van der Waals surface area contributed by atoms with E-state index in [0.717, 1.165) is 41.2 Å². The van der Waals surface area contributed by atoms with Crippen LogP contribution in [0, 0.1) is 5.82 Å². The first-order chi connectivity index (χ1) is 17.6. The van der Waals surface area contributed by atoms with Crippen molar-refractivity contribution in [1.82, 2.24) is 14.5 Å². The van der Waals surface area contributed by atoms with Crippen LogP contribution in [-0.2, 0) is 23.8 Å². The largest absolute Gasteiger partial charge is 0.416 e. The number of fused-ring (bicyclic) bond motifs is 2. The molecule has 11 heteroatoms. The van der Waals surface area contributed by atoms with E-state index in [-0.39, 0.29) is 12.1 Å². The van der Waals surface area contributed by atoms with Gasteiger partial charge in [-0.3, -0.25) is 4.79 Å². The average molecular weight is 530 g/mol. The average Bonchev–Trinajstić information content (AvgIpc) is 3.47. The number of nitrogens with two attached hydrogens (primary N) is 1. The van der Waals surface area contributed by atoms with Crippen LogP contribution in [-0.4, -0.2) is 27.0 Å². The number of rotatable bonds is 4. The van der Waals surface area contributed by atoms with Gasteiger partial charge in [-0.25, -0.2) is 14.4 Å². The summed E-state index contributed by atoms with van der Waals surface area (Å²) < 4.78 is 55.6. The third-order valence-electron chi connectivity index (χ3n) is 6.98. The van der Waals surface area contributed by atoms with E-state index in [1.807, 2.05) is 6.20 Å². The molecule has 37 heavy (non-hydrogen) atoms. The van der Waals surface area contributed by atoms with Crippen LogP contribution in [0.3, 0.4) is 0 Å². The van der Waals surface area contributed by atoms with Crippen molar-refractivity contribution >= 4 is 40.0 Å². The van der Waals surface area contributed by atoms with E-state index in [2.05, 4.69) is 14.5 Å². The summed E-state index contributed by atoms with van der Waals surface area (Å²) in [5.41, 5.74) is 8.46. The number of nitrogen functional groups attached to an aromatic ring is 1. The standard InChI is InChI=1S/C26H20ClF4N5O/c27-23-16(18-11-36(15-2-3-15)25-22(18)24(32)33-12-34-25)4-6-20-17(23)7-8-35(20)21(37)10-13-9-14(26(29,30)31)1-5-19(13)28/h1,4-6,9,11-12,15H,2-3,7-8,10H2,(H2,32,33,34). The molecule has 190 valence electrons. The summed E-state index contributed by atoms with van der Waals surface area (Å²) in [5, 5.41) is 1.17. The lowest BCUT2D eigenvalue weighted by Gasteiger charge is -2.19. The zero-order valence-corrected chi connectivity index (χ0v) is 20.1. The number of alkyl halides is 3. The summed E-state index contributed by atoms with van der Waals surface area (Å²) in [5.74, 6) is -1.03. The number of carbonyl (C=O) groups excluding carboxylic acids is 1. The number of amides is 1. The van der Waals surface area contributed by atoms with Crippen molar-refractivity contribution < 1.29 is 22.4 Å². The lowest BCUT2D eigenvalue weighted by atomic mass is 10.0. The number of anilines is 2. The maximum Gasteiger partial charge on any atom is 0.416 e. The lowest BCUT2D eigenvalue weighted by molar-refractivity contribution is -0.137. The molecular formula is C26H20ClF4N5O. The zero-order valence-electron chi connectivity index (χ0n) is 19.3. The number of halogens is 5. The van der Waals surface area contributed by atoms with Gasteiger partial charge in [-0.05, 0) is 54.7 Å². The van der Waals surface area contributed by atoms with Crippen molar-refractivity contribution in [3.8, 4) is 11.1 Å². The van der Waals surface area contributed by atoms with Crippen molar-refractivity contribution in [2.45, 2.75) is 37.9 Å². The van der Waals surface area contributed by atoms with Gasteiger partial charge in [0.1, 0.15) is 23.6 Å². The highest BCUT2D eigenvalue weighted by Crippen LogP contribution is 2.46. The van der Waals surface area contributed by atoms with Gasteiger partial charge in [-0.15, -0.1) is 0 Å². The molecule has 0 radical (unpaired) electrons. The monoisotopic (exact) mass is 529 g/mol. The van der Waals surface area contributed by atoms with E-state index < -0.39 is 29.9 Å². The van der Waals surface area contributed by atoms with E-state index >= 15 is 0 Å². The number of aromatic nitrogens is 3. The van der Waals surface area contributed by atoms with Gasteiger partial charge in [-0.2, -0.15) is 13.2 Å². The third-order valence-corrected chi connectivity index (χ3v) is 7.41. The lowest BCUT2D eigenvalue weighted by Crippen LogP contribution is -2.30. The molecule has 3 heterocycles. The maximum absolute atomic E-state index is 14.2. The van der Waals surface area contributed by atoms with Crippen LogP contribution in [0.4, 0.5) is 29.1 Å². The van der Waals surface area contributed by atoms with Gasteiger partial charge in [-0.1, -0.05) is 17.7 Å². The number of nitrogens with zero attached hydrogens (tertiary/aromatic N) is 4. The van der Waals surface area contributed by atoms with Crippen molar-refractivity contribution in [2.24, 2.45) is 0 Å². The Hall–Kier alpha value is -3.66. The van der Waals surface area contributed by atoms with E-state index in [0.29, 0.717) is 46.5 Å². The minimum absolute atomic E-state index is 0.285. The summed E-state index contributed by atoms with van der Waals surface area (Å²) in [6.45, 7) is 0.285. The first-order valence-electron chi connectivity index (χ1n) is 11.7. The number of hydrogen-bond acceptors (Lipinski definition) is 4. The van der Waals surface area contributed by atoms with Gasteiger partial charge in [0.25, 0.3) is 0 Å². The molecule has 2 aromatic heterocycles. The number of benzene rings is 2.